The lowest BCUT2D eigenvalue weighted by atomic mass is 9.50. The molecule has 4 heteroatoms. The summed E-state index contributed by atoms with van der Waals surface area (Å²) >= 11 is 0. The van der Waals surface area contributed by atoms with Crippen LogP contribution in [-0.2, 0) is 9.53 Å². The van der Waals surface area contributed by atoms with Crippen molar-refractivity contribution in [3.8, 4) is 24.7 Å². The van der Waals surface area contributed by atoms with Crippen LogP contribution in [0, 0.1) is 82.9 Å². The standard InChI is InChI=1S/C22H30O2.C21H28O2/c1-5-22(23)11-9-19-20-14(2)12-15-13-16(24-4)6-7-17(15)18(20)8-10-21(19,22)3;1-4-21(23)10-8-18-19-13(2)11-14-12-15(22)5-6-16(14)17(19)7-9-20(18,21)3/h1,6,14,18-20,23H,7-13H2,2-4H3;1,13,17-19,23H,5-12H2,2-3H3/t14-,18?,19?,20?,21+,22+;13-,17?,18?,19?,20+,21+/m11/s1. The number of carbonyl (C=O) groups is 1. The minimum absolute atomic E-state index is 0.0998. The zero-order valence-corrected chi connectivity index (χ0v) is 29.7. The minimum Gasteiger partial charge on any atom is -0.501 e. The van der Waals surface area contributed by atoms with Crippen molar-refractivity contribution >= 4 is 5.78 Å². The second kappa shape index (κ2) is 11.7. The maximum Gasteiger partial charge on any atom is 0.137 e. The highest BCUT2D eigenvalue weighted by Gasteiger charge is 2.63. The molecule has 0 aliphatic heterocycles. The predicted molar refractivity (Wildman–Crippen MR) is 186 cm³/mol. The summed E-state index contributed by atoms with van der Waals surface area (Å²) in [7, 11) is 1.79. The molecule has 0 amide bonds. The molecule has 0 spiro atoms. The van der Waals surface area contributed by atoms with Crippen LogP contribution in [0.25, 0.3) is 0 Å². The summed E-state index contributed by atoms with van der Waals surface area (Å²) in [5.74, 6) is 12.1. The second-order valence-electron chi connectivity index (χ2n) is 17.7. The summed E-state index contributed by atoms with van der Waals surface area (Å²) in [6, 6.07) is 0. The molecule has 8 aliphatic carbocycles. The Morgan fingerprint density at radius 2 is 1.28 bits per heavy atom. The molecule has 0 aromatic heterocycles. The van der Waals surface area contributed by atoms with Crippen molar-refractivity contribution in [1.82, 2.24) is 0 Å². The lowest BCUT2D eigenvalue weighted by Gasteiger charge is -2.55. The van der Waals surface area contributed by atoms with Crippen molar-refractivity contribution in [2.45, 2.75) is 135 Å². The van der Waals surface area contributed by atoms with Crippen LogP contribution < -0.4 is 0 Å². The van der Waals surface area contributed by atoms with Gasteiger partial charge in [0.05, 0.1) is 12.9 Å². The van der Waals surface area contributed by atoms with Crippen LogP contribution in [-0.4, -0.2) is 34.3 Å². The third-order valence-corrected chi connectivity index (χ3v) is 16.0. The highest BCUT2D eigenvalue weighted by molar-refractivity contribution is 5.82. The highest BCUT2D eigenvalue weighted by atomic mass is 16.5. The van der Waals surface area contributed by atoms with Gasteiger partial charge in [-0.25, -0.2) is 0 Å². The monoisotopic (exact) mass is 638 g/mol. The highest BCUT2D eigenvalue weighted by Crippen LogP contribution is 2.66. The van der Waals surface area contributed by atoms with Crippen LogP contribution >= 0.6 is 0 Å². The molecule has 254 valence electrons. The predicted octanol–water partition coefficient (Wildman–Crippen LogP) is 8.34. The van der Waals surface area contributed by atoms with Gasteiger partial charge in [0, 0.05) is 30.1 Å². The van der Waals surface area contributed by atoms with Gasteiger partial charge in [0.15, 0.2) is 0 Å². The Bertz CT molecular complexity index is 1500. The van der Waals surface area contributed by atoms with E-state index in [1.807, 2.05) is 0 Å². The fraction of sp³-hybridized carbons (Fsp3) is 0.744. The number of hydrogen-bond donors (Lipinski definition) is 2. The minimum atomic E-state index is -0.917. The summed E-state index contributed by atoms with van der Waals surface area (Å²) < 4.78 is 5.51. The van der Waals surface area contributed by atoms with E-state index in [-0.39, 0.29) is 10.8 Å². The van der Waals surface area contributed by atoms with Gasteiger partial charge in [-0.2, -0.15) is 0 Å². The molecule has 0 aromatic carbocycles. The second-order valence-corrected chi connectivity index (χ2v) is 17.7. The number of rotatable bonds is 1. The van der Waals surface area contributed by atoms with Gasteiger partial charge in [0.2, 0.25) is 0 Å². The first-order valence-corrected chi connectivity index (χ1v) is 18.9. The molecule has 6 unspecified atom stereocenters. The number of carbonyl (C=O) groups excluding carboxylic acids is 1. The van der Waals surface area contributed by atoms with Gasteiger partial charge >= 0.3 is 0 Å². The van der Waals surface area contributed by atoms with Gasteiger partial charge in [0.1, 0.15) is 17.0 Å². The average Bonchev–Trinajstić information content (AvgIpc) is 3.49. The lowest BCUT2D eigenvalue weighted by molar-refractivity contribution is -0.119. The topological polar surface area (TPSA) is 66.8 Å². The largest absolute Gasteiger partial charge is 0.501 e. The average molecular weight is 639 g/mol. The molecule has 4 nitrogen and oxygen atoms in total. The smallest absolute Gasteiger partial charge is 0.137 e. The van der Waals surface area contributed by atoms with Gasteiger partial charge in [-0.1, -0.05) is 61.8 Å². The van der Waals surface area contributed by atoms with Crippen LogP contribution in [0.2, 0.25) is 0 Å². The molecule has 12 atom stereocenters. The van der Waals surface area contributed by atoms with Crippen molar-refractivity contribution in [2.24, 2.45) is 58.2 Å². The van der Waals surface area contributed by atoms with Crippen LogP contribution in [0.15, 0.2) is 34.1 Å². The van der Waals surface area contributed by atoms with E-state index in [1.165, 1.54) is 18.4 Å². The molecule has 8 aliphatic rings. The summed E-state index contributed by atoms with van der Waals surface area (Å²) in [6.07, 6.45) is 28.7. The molecule has 2 N–H and O–H groups in total. The Labute approximate surface area is 284 Å². The van der Waals surface area contributed by atoms with Crippen LogP contribution in [0.3, 0.4) is 0 Å². The molecule has 0 radical (unpaired) electrons. The molecule has 4 saturated carbocycles. The van der Waals surface area contributed by atoms with Gasteiger partial charge in [-0.3, -0.25) is 4.79 Å². The molecule has 0 saturated heterocycles. The van der Waals surface area contributed by atoms with E-state index in [9.17, 15) is 15.0 Å². The fourth-order valence-corrected chi connectivity index (χ4v) is 13.4. The quantitative estimate of drug-likeness (QED) is 0.224. The van der Waals surface area contributed by atoms with Crippen LogP contribution in [0.4, 0.5) is 0 Å². The SMILES string of the molecule is C#C[C@]1(O)CCC2C3C(CC[C@@]21C)C1=C(CC(=O)CC1)C[C@H]3C.C#C[C@]1(O)CCC2C3C(CC[C@@]21C)C1=C(CC(OC)=CC1)C[C@H]3C. The number of hydrogen-bond acceptors (Lipinski definition) is 4. The molecule has 0 heterocycles. The summed E-state index contributed by atoms with van der Waals surface area (Å²) in [5, 5.41) is 22.1. The molecule has 0 bridgehead atoms. The number of terminal acetylenes is 2. The Morgan fingerprint density at radius 3 is 1.79 bits per heavy atom. The normalized spacial score (nSPS) is 48.2. The Morgan fingerprint density at radius 1 is 0.766 bits per heavy atom. The molecule has 8 rings (SSSR count). The zero-order chi connectivity index (χ0) is 33.5. The van der Waals surface area contributed by atoms with Crippen LogP contribution in [0.1, 0.15) is 124 Å². The van der Waals surface area contributed by atoms with E-state index >= 15 is 0 Å². The third kappa shape index (κ3) is 4.82. The first kappa shape index (κ1) is 33.2. The van der Waals surface area contributed by atoms with Crippen LogP contribution in [0.5, 0.6) is 0 Å². The van der Waals surface area contributed by atoms with E-state index in [4.69, 9.17) is 17.6 Å². The first-order chi connectivity index (χ1) is 22.3. The van der Waals surface area contributed by atoms with Gasteiger partial charge in [0.25, 0.3) is 0 Å². The lowest BCUT2D eigenvalue weighted by Crippen LogP contribution is -2.52. The third-order valence-electron chi connectivity index (χ3n) is 16.0. The zero-order valence-electron chi connectivity index (χ0n) is 29.7. The van der Waals surface area contributed by atoms with E-state index in [0.29, 0.717) is 59.5 Å². The van der Waals surface area contributed by atoms with Crippen molar-refractivity contribution in [3.05, 3.63) is 34.1 Å². The Balaban J connectivity index is 0.000000150. The number of aliphatic hydroxyl groups is 2. The number of ether oxygens (including phenoxy) is 1. The van der Waals surface area contributed by atoms with E-state index in [1.54, 1.807) is 23.8 Å². The van der Waals surface area contributed by atoms with Crippen molar-refractivity contribution in [1.29, 1.82) is 0 Å². The molecular formula is C43H58O4. The maximum absolute atomic E-state index is 11.9. The van der Waals surface area contributed by atoms with Crippen molar-refractivity contribution in [2.75, 3.05) is 7.11 Å². The fourth-order valence-electron chi connectivity index (χ4n) is 13.4. The molecular weight excluding hydrogens is 580 g/mol. The molecule has 0 aromatic rings. The number of allylic oxidation sites excluding steroid dienone is 5. The van der Waals surface area contributed by atoms with Gasteiger partial charge < -0.3 is 14.9 Å². The Kier molecular flexibility index (Phi) is 8.25. The van der Waals surface area contributed by atoms with E-state index in [0.717, 1.165) is 82.8 Å². The Hall–Kier alpha value is -2.27. The number of methoxy groups -OCH3 is 1. The van der Waals surface area contributed by atoms with Crippen molar-refractivity contribution < 1.29 is 19.7 Å². The number of ketones is 1. The maximum atomic E-state index is 11.9. The van der Waals surface area contributed by atoms with E-state index in [2.05, 4.69) is 45.6 Å². The first-order valence-electron chi connectivity index (χ1n) is 18.9. The number of Topliss-reactive ketones (excluding diaryl/α,β-unsaturated/α-hetero) is 1. The molecule has 47 heavy (non-hydrogen) atoms. The van der Waals surface area contributed by atoms with Gasteiger partial charge in [-0.15, -0.1) is 12.8 Å². The molecule has 4 fully saturated rings. The summed E-state index contributed by atoms with van der Waals surface area (Å²) in [5.41, 5.74) is 4.37. The summed E-state index contributed by atoms with van der Waals surface area (Å²) in [4.78, 5) is 11.9. The summed E-state index contributed by atoms with van der Waals surface area (Å²) in [6.45, 7) is 9.29. The number of fused-ring (bicyclic) bond motifs is 8. The van der Waals surface area contributed by atoms with Gasteiger partial charge in [-0.05, 0) is 130 Å². The van der Waals surface area contributed by atoms with Crippen molar-refractivity contribution in [3.63, 3.8) is 0 Å². The van der Waals surface area contributed by atoms with E-state index < -0.39 is 11.2 Å².